The van der Waals surface area contributed by atoms with E-state index in [0.29, 0.717) is 23.1 Å². The van der Waals surface area contributed by atoms with Gasteiger partial charge < -0.3 is 5.73 Å². The number of nitrogens with two attached hydrogens (primary N) is 1. The molecule has 2 N–H and O–H groups in total. The summed E-state index contributed by atoms with van der Waals surface area (Å²) in [7, 11) is 1.64. The van der Waals surface area contributed by atoms with Crippen molar-refractivity contribution in [3.63, 3.8) is 0 Å². The molecule has 0 spiro atoms. The van der Waals surface area contributed by atoms with Gasteiger partial charge in [0.15, 0.2) is 0 Å². The summed E-state index contributed by atoms with van der Waals surface area (Å²) in [5.74, 6) is 5.44. The number of hydrogen-bond acceptors (Lipinski definition) is 2. The van der Waals surface area contributed by atoms with Crippen molar-refractivity contribution in [1.29, 1.82) is 0 Å². The second-order valence-electron chi connectivity index (χ2n) is 3.42. The number of rotatable bonds is 2. The first-order valence-corrected chi connectivity index (χ1v) is 5.35. The lowest BCUT2D eigenvalue weighted by Gasteiger charge is -1.98. The van der Waals surface area contributed by atoms with Crippen LogP contribution in [0.4, 0.5) is 4.39 Å². The summed E-state index contributed by atoms with van der Waals surface area (Å²) < 4.78 is 13.5. The predicted octanol–water partition coefficient (Wildman–Crippen LogP) is 2.28. The summed E-state index contributed by atoms with van der Waals surface area (Å²) in [5.41, 5.74) is 7.30. The fraction of sp³-hybridized carbons (Fsp3) is 0.214. The molecule has 0 atom stereocenters. The number of aryl methyl sites for hydroxylation is 1. The number of benzene rings is 1. The van der Waals surface area contributed by atoms with Crippen molar-refractivity contribution < 1.29 is 4.39 Å². The second-order valence-corrected chi connectivity index (χ2v) is 3.42. The highest BCUT2D eigenvalue weighted by Gasteiger charge is 1.99. The number of allylic oxidation sites excluding steroid dienone is 1. The molecular weight excluding hydrogens is 215 g/mol. The first-order valence-electron chi connectivity index (χ1n) is 5.35. The molecule has 1 rings (SSSR count). The van der Waals surface area contributed by atoms with E-state index < -0.39 is 0 Å². The first-order chi connectivity index (χ1) is 8.21. The summed E-state index contributed by atoms with van der Waals surface area (Å²) in [5, 5.41) is 0. The lowest BCUT2D eigenvalue weighted by Crippen LogP contribution is -1.90. The molecule has 0 aromatic heterocycles. The van der Waals surface area contributed by atoms with Gasteiger partial charge >= 0.3 is 0 Å². The Labute approximate surface area is 101 Å². The van der Waals surface area contributed by atoms with E-state index in [1.54, 1.807) is 25.4 Å². The molecule has 17 heavy (non-hydrogen) atoms. The third-order valence-corrected chi connectivity index (χ3v) is 2.23. The van der Waals surface area contributed by atoms with E-state index in [0.717, 1.165) is 0 Å². The molecule has 1 aromatic carbocycles. The van der Waals surface area contributed by atoms with E-state index in [-0.39, 0.29) is 5.82 Å². The molecule has 0 aliphatic heterocycles. The Morgan fingerprint density at radius 2 is 2.29 bits per heavy atom. The largest absolute Gasteiger partial charge is 0.404 e. The molecule has 0 unspecified atom stereocenters. The van der Waals surface area contributed by atoms with Crippen LogP contribution in [0.5, 0.6) is 0 Å². The number of hydrogen-bond donors (Lipinski definition) is 1. The Morgan fingerprint density at radius 3 is 2.82 bits per heavy atom. The van der Waals surface area contributed by atoms with Gasteiger partial charge in [-0.05, 0) is 24.1 Å². The molecule has 0 aliphatic rings. The summed E-state index contributed by atoms with van der Waals surface area (Å²) >= 11 is 0. The van der Waals surface area contributed by atoms with Gasteiger partial charge in [0.2, 0.25) is 0 Å². The highest BCUT2D eigenvalue weighted by Crippen LogP contribution is 2.10. The van der Waals surface area contributed by atoms with Gasteiger partial charge in [-0.2, -0.15) is 0 Å². The minimum Gasteiger partial charge on any atom is -0.404 e. The molecule has 0 saturated heterocycles. The van der Waals surface area contributed by atoms with Gasteiger partial charge in [-0.1, -0.05) is 24.8 Å². The van der Waals surface area contributed by atoms with Gasteiger partial charge in [0.05, 0.1) is 5.57 Å². The monoisotopic (exact) mass is 230 g/mol. The Balaban J connectivity index is 2.97. The van der Waals surface area contributed by atoms with Crippen LogP contribution in [0.3, 0.4) is 0 Å². The van der Waals surface area contributed by atoms with Crippen molar-refractivity contribution in [2.45, 2.75) is 13.3 Å². The zero-order chi connectivity index (χ0) is 12.7. The van der Waals surface area contributed by atoms with Gasteiger partial charge in [0, 0.05) is 25.0 Å². The second kappa shape index (κ2) is 6.49. The van der Waals surface area contributed by atoms with Crippen LogP contribution in [0.25, 0.3) is 0 Å². The van der Waals surface area contributed by atoms with Crippen LogP contribution in [0.15, 0.2) is 35.0 Å². The average Bonchev–Trinajstić information content (AvgIpc) is 2.34. The molecule has 0 aliphatic carbocycles. The first kappa shape index (κ1) is 13.0. The lowest BCUT2D eigenvalue weighted by atomic mass is 10.1. The van der Waals surface area contributed by atoms with Crippen molar-refractivity contribution in [1.82, 2.24) is 0 Å². The maximum absolute atomic E-state index is 13.5. The summed E-state index contributed by atoms with van der Waals surface area (Å²) in [4.78, 5) is 3.81. The Morgan fingerprint density at radius 1 is 1.53 bits per heavy atom. The zero-order valence-electron chi connectivity index (χ0n) is 10.00. The molecule has 0 amide bonds. The van der Waals surface area contributed by atoms with E-state index in [1.807, 2.05) is 6.92 Å². The normalized spacial score (nSPS) is 11.4. The molecule has 3 heteroatoms. The Hall–Kier alpha value is -2.08. The molecule has 0 fully saturated rings. The fourth-order valence-electron chi connectivity index (χ4n) is 1.31. The molecule has 0 heterocycles. The fourth-order valence-corrected chi connectivity index (χ4v) is 1.31. The van der Waals surface area contributed by atoms with Gasteiger partial charge in [-0.15, -0.1) is 0 Å². The van der Waals surface area contributed by atoms with Crippen LogP contribution in [-0.4, -0.2) is 13.3 Å². The van der Waals surface area contributed by atoms with Crippen LogP contribution in [0.1, 0.15) is 18.1 Å². The molecule has 1 aromatic rings. The van der Waals surface area contributed by atoms with Gasteiger partial charge in [-0.3, -0.25) is 4.99 Å². The zero-order valence-corrected chi connectivity index (χ0v) is 10.00. The highest BCUT2D eigenvalue weighted by molar-refractivity contribution is 5.84. The number of halogens is 1. The minimum atomic E-state index is -0.221. The molecule has 0 radical (unpaired) electrons. The van der Waals surface area contributed by atoms with Crippen molar-refractivity contribution >= 4 is 6.21 Å². The van der Waals surface area contributed by atoms with Gasteiger partial charge in [0.25, 0.3) is 0 Å². The van der Waals surface area contributed by atoms with E-state index in [9.17, 15) is 4.39 Å². The number of nitrogens with zero attached hydrogens (tertiary/aromatic N) is 1. The quantitative estimate of drug-likeness (QED) is 0.614. The Bertz CT molecular complexity index is 505. The van der Waals surface area contributed by atoms with E-state index >= 15 is 0 Å². The topological polar surface area (TPSA) is 38.4 Å². The molecular formula is C14H15FN2. The summed E-state index contributed by atoms with van der Waals surface area (Å²) in [6.07, 6.45) is 3.61. The van der Waals surface area contributed by atoms with Crippen LogP contribution < -0.4 is 5.73 Å². The van der Waals surface area contributed by atoms with Crippen molar-refractivity contribution in [2.24, 2.45) is 10.7 Å². The van der Waals surface area contributed by atoms with E-state index in [4.69, 9.17) is 5.73 Å². The third kappa shape index (κ3) is 3.76. The Kier molecular flexibility index (Phi) is 4.96. The summed E-state index contributed by atoms with van der Waals surface area (Å²) in [6.45, 7) is 1.91. The SMILES string of the molecule is CCc1ccc(C#C/C(C=NC)=C/N)cc1F. The van der Waals surface area contributed by atoms with Crippen molar-refractivity contribution in [3.05, 3.63) is 46.9 Å². The average molecular weight is 230 g/mol. The van der Waals surface area contributed by atoms with Crippen LogP contribution >= 0.6 is 0 Å². The van der Waals surface area contributed by atoms with Gasteiger partial charge in [0.1, 0.15) is 5.82 Å². The van der Waals surface area contributed by atoms with E-state index in [1.165, 1.54) is 12.3 Å². The van der Waals surface area contributed by atoms with Crippen LogP contribution in [-0.2, 0) is 6.42 Å². The molecule has 0 bridgehead atoms. The maximum Gasteiger partial charge on any atom is 0.127 e. The minimum absolute atomic E-state index is 0.221. The predicted molar refractivity (Wildman–Crippen MR) is 69.3 cm³/mol. The maximum atomic E-state index is 13.5. The standard InChI is InChI=1S/C14H15FN2/c1-3-13-7-6-11(8-14(13)15)4-5-12(9-16)10-17-2/h6-10H,3,16H2,1-2H3/b12-9-,17-10?. The van der Waals surface area contributed by atoms with Crippen molar-refractivity contribution in [3.8, 4) is 11.8 Å². The highest BCUT2D eigenvalue weighted by atomic mass is 19.1. The van der Waals surface area contributed by atoms with Crippen LogP contribution in [0.2, 0.25) is 0 Å². The smallest absolute Gasteiger partial charge is 0.127 e. The van der Waals surface area contributed by atoms with E-state index in [2.05, 4.69) is 16.8 Å². The molecule has 88 valence electrons. The van der Waals surface area contributed by atoms with Crippen LogP contribution in [0, 0.1) is 17.7 Å². The molecule has 2 nitrogen and oxygen atoms in total. The molecule has 0 saturated carbocycles. The third-order valence-electron chi connectivity index (χ3n) is 2.23. The van der Waals surface area contributed by atoms with Crippen molar-refractivity contribution in [2.75, 3.05) is 7.05 Å². The lowest BCUT2D eigenvalue weighted by molar-refractivity contribution is 0.612. The van der Waals surface area contributed by atoms with Gasteiger partial charge in [-0.25, -0.2) is 4.39 Å². The summed E-state index contributed by atoms with van der Waals surface area (Å²) in [6, 6.07) is 4.98. The number of aliphatic imine (C=N–C) groups is 1.